The van der Waals surface area contributed by atoms with Crippen LogP contribution in [-0.4, -0.2) is 42.9 Å². The van der Waals surface area contributed by atoms with Crippen LogP contribution in [0.1, 0.15) is 37.5 Å². The van der Waals surface area contributed by atoms with Crippen molar-refractivity contribution in [1.29, 1.82) is 0 Å². The quantitative estimate of drug-likeness (QED) is 0.898. The van der Waals surface area contributed by atoms with Crippen molar-refractivity contribution in [3.63, 3.8) is 0 Å². The minimum absolute atomic E-state index is 0.402. The summed E-state index contributed by atoms with van der Waals surface area (Å²) in [7, 11) is 0. The van der Waals surface area contributed by atoms with E-state index in [1.54, 1.807) is 0 Å². The van der Waals surface area contributed by atoms with Gasteiger partial charge >= 0.3 is 0 Å². The van der Waals surface area contributed by atoms with Gasteiger partial charge in [-0.3, -0.25) is 4.90 Å². The average Bonchev–Trinajstić information content (AvgIpc) is 2.67. The van der Waals surface area contributed by atoms with E-state index >= 15 is 0 Å². The Morgan fingerprint density at radius 1 is 1.15 bits per heavy atom. The van der Waals surface area contributed by atoms with Crippen LogP contribution >= 0.6 is 0 Å². The molecule has 3 heteroatoms. The van der Waals surface area contributed by atoms with Gasteiger partial charge in [0.1, 0.15) is 0 Å². The lowest BCUT2D eigenvalue weighted by Crippen LogP contribution is -2.31. The lowest BCUT2D eigenvalue weighted by atomic mass is 10.00. The fourth-order valence-electron chi connectivity index (χ4n) is 2.68. The summed E-state index contributed by atoms with van der Waals surface area (Å²) in [6.07, 6.45) is 1.75. The highest BCUT2D eigenvalue weighted by atomic mass is 16.5. The summed E-state index contributed by atoms with van der Waals surface area (Å²) in [6.45, 7) is 8.71. The number of aliphatic hydroxyl groups excluding tert-OH is 1. The molecule has 20 heavy (non-hydrogen) atoms. The second-order valence-electron chi connectivity index (χ2n) is 6.12. The zero-order valence-corrected chi connectivity index (χ0v) is 12.7. The van der Waals surface area contributed by atoms with Gasteiger partial charge in [-0.15, -0.1) is 0 Å². The Bertz CT molecular complexity index is 380. The maximum Gasteiger partial charge on any atom is 0.0916 e. The van der Waals surface area contributed by atoms with Gasteiger partial charge in [0.15, 0.2) is 0 Å². The van der Waals surface area contributed by atoms with Crippen molar-refractivity contribution in [3.8, 4) is 0 Å². The van der Waals surface area contributed by atoms with Crippen molar-refractivity contribution in [2.45, 2.75) is 32.8 Å². The van der Waals surface area contributed by atoms with Crippen molar-refractivity contribution >= 4 is 0 Å². The summed E-state index contributed by atoms with van der Waals surface area (Å²) in [5.74, 6) is 0.669. The highest BCUT2D eigenvalue weighted by Gasteiger charge is 2.15. The van der Waals surface area contributed by atoms with Crippen molar-refractivity contribution in [3.05, 3.63) is 35.4 Å². The molecule has 0 spiro atoms. The van der Waals surface area contributed by atoms with E-state index in [1.807, 2.05) is 0 Å². The Morgan fingerprint density at radius 2 is 1.90 bits per heavy atom. The lowest BCUT2D eigenvalue weighted by Gasteiger charge is -2.23. The molecule has 1 unspecified atom stereocenters. The van der Waals surface area contributed by atoms with E-state index in [9.17, 15) is 5.11 Å². The van der Waals surface area contributed by atoms with E-state index in [2.05, 4.69) is 43.0 Å². The molecule has 1 aromatic carbocycles. The first-order valence-corrected chi connectivity index (χ1v) is 7.72. The second kappa shape index (κ2) is 7.77. The molecular weight excluding hydrogens is 250 g/mol. The third-order valence-electron chi connectivity index (χ3n) is 3.75. The highest BCUT2D eigenvalue weighted by molar-refractivity contribution is 5.24. The topological polar surface area (TPSA) is 32.7 Å². The summed E-state index contributed by atoms with van der Waals surface area (Å²) >= 11 is 0. The normalized spacial score (nSPS) is 19.0. The summed E-state index contributed by atoms with van der Waals surface area (Å²) in [6, 6.07) is 8.42. The molecule has 0 aliphatic carbocycles. The van der Waals surface area contributed by atoms with Crippen LogP contribution in [0.4, 0.5) is 0 Å². The summed E-state index contributed by atoms with van der Waals surface area (Å²) in [4.78, 5) is 2.29. The third-order valence-corrected chi connectivity index (χ3v) is 3.75. The maximum atomic E-state index is 10.4. The molecule has 0 amide bonds. The molecule has 0 saturated carbocycles. The summed E-state index contributed by atoms with van der Waals surface area (Å²) in [5, 5.41) is 10.4. The van der Waals surface area contributed by atoms with Crippen molar-refractivity contribution in [2.24, 2.45) is 5.92 Å². The number of ether oxygens (including phenoxy) is 1. The van der Waals surface area contributed by atoms with Gasteiger partial charge in [0.2, 0.25) is 0 Å². The molecule has 1 aliphatic heterocycles. The van der Waals surface area contributed by atoms with Gasteiger partial charge in [0, 0.05) is 26.2 Å². The standard InChI is InChI=1S/C17H27NO2/c1-14(2)12-15-4-6-16(7-5-15)17(19)13-18-8-3-10-20-11-9-18/h4-7,14,17,19H,3,8-13H2,1-2H3. The molecule has 1 N–H and O–H groups in total. The predicted octanol–water partition coefficient (Wildman–Crippen LogP) is 2.64. The van der Waals surface area contributed by atoms with E-state index < -0.39 is 6.10 Å². The van der Waals surface area contributed by atoms with Crippen LogP contribution in [0, 0.1) is 5.92 Å². The number of hydrogen-bond acceptors (Lipinski definition) is 3. The number of nitrogens with zero attached hydrogens (tertiary/aromatic N) is 1. The van der Waals surface area contributed by atoms with Gasteiger partial charge in [-0.2, -0.15) is 0 Å². The van der Waals surface area contributed by atoms with Crippen molar-refractivity contribution < 1.29 is 9.84 Å². The van der Waals surface area contributed by atoms with Crippen LogP contribution < -0.4 is 0 Å². The first-order chi connectivity index (χ1) is 9.65. The van der Waals surface area contributed by atoms with Crippen LogP contribution in [0.2, 0.25) is 0 Å². The largest absolute Gasteiger partial charge is 0.387 e. The number of hydrogen-bond donors (Lipinski definition) is 1. The Kier molecular flexibility index (Phi) is 6.02. The highest BCUT2D eigenvalue weighted by Crippen LogP contribution is 2.17. The zero-order valence-electron chi connectivity index (χ0n) is 12.7. The predicted molar refractivity (Wildman–Crippen MR) is 81.8 cm³/mol. The fraction of sp³-hybridized carbons (Fsp3) is 0.647. The molecule has 112 valence electrons. The number of β-amino-alcohol motifs (C(OH)–C–C–N with tert-alkyl or cyclic N) is 1. The van der Waals surface area contributed by atoms with E-state index in [1.165, 1.54) is 5.56 Å². The molecule has 1 aromatic rings. The molecule has 1 fully saturated rings. The van der Waals surface area contributed by atoms with Gasteiger partial charge in [0.25, 0.3) is 0 Å². The molecule has 1 aliphatic rings. The Labute approximate surface area is 122 Å². The molecule has 2 rings (SSSR count). The van der Waals surface area contributed by atoms with Gasteiger partial charge in [-0.1, -0.05) is 38.1 Å². The Morgan fingerprint density at radius 3 is 2.60 bits per heavy atom. The van der Waals surface area contributed by atoms with Crippen LogP contribution in [0.3, 0.4) is 0 Å². The molecular formula is C17H27NO2. The first-order valence-electron chi connectivity index (χ1n) is 7.72. The summed E-state index contributed by atoms with van der Waals surface area (Å²) in [5.41, 5.74) is 2.36. The molecule has 3 nitrogen and oxygen atoms in total. The van der Waals surface area contributed by atoms with Gasteiger partial charge in [-0.05, 0) is 29.9 Å². The SMILES string of the molecule is CC(C)Cc1ccc(C(O)CN2CCCOCC2)cc1. The zero-order chi connectivity index (χ0) is 14.4. The molecule has 1 atom stereocenters. The van der Waals surface area contributed by atoms with E-state index in [0.717, 1.165) is 44.7 Å². The lowest BCUT2D eigenvalue weighted by molar-refractivity contribution is 0.103. The van der Waals surface area contributed by atoms with Gasteiger partial charge < -0.3 is 9.84 Å². The average molecular weight is 277 g/mol. The van der Waals surface area contributed by atoms with Crippen LogP contribution in [-0.2, 0) is 11.2 Å². The Hall–Kier alpha value is -0.900. The maximum absolute atomic E-state index is 10.4. The third kappa shape index (κ3) is 4.89. The number of benzene rings is 1. The van der Waals surface area contributed by atoms with Gasteiger partial charge in [-0.25, -0.2) is 0 Å². The summed E-state index contributed by atoms with van der Waals surface area (Å²) < 4.78 is 5.44. The fourth-order valence-corrected chi connectivity index (χ4v) is 2.68. The van der Waals surface area contributed by atoms with Gasteiger partial charge in [0.05, 0.1) is 12.7 Å². The number of aliphatic hydroxyl groups is 1. The Balaban J connectivity index is 1.89. The van der Waals surface area contributed by atoms with Crippen molar-refractivity contribution in [1.82, 2.24) is 4.90 Å². The van der Waals surface area contributed by atoms with Crippen LogP contribution in [0.15, 0.2) is 24.3 Å². The molecule has 0 bridgehead atoms. The van der Waals surface area contributed by atoms with Crippen molar-refractivity contribution in [2.75, 3.05) is 32.8 Å². The number of rotatable bonds is 5. The van der Waals surface area contributed by atoms with E-state index in [-0.39, 0.29) is 0 Å². The first kappa shape index (κ1) is 15.5. The van der Waals surface area contributed by atoms with Crippen LogP contribution in [0.25, 0.3) is 0 Å². The molecule has 1 heterocycles. The van der Waals surface area contributed by atoms with Crippen LogP contribution in [0.5, 0.6) is 0 Å². The minimum Gasteiger partial charge on any atom is -0.387 e. The molecule has 0 aromatic heterocycles. The van der Waals surface area contributed by atoms with E-state index in [4.69, 9.17) is 4.74 Å². The monoisotopic (exact) mass is 277 g/mol. The second-order valence-corrected chi connectivity index (χ2v) is 6.12. The smallest absolute Gasteiger partial charge is 0.0916 e. The molecule has 0 radical (unpaired) electrons. The van der Waals surface area contributed by atoms with E-state index in [0.29, 0.717) is 12.5 Å². The minimum atomic E-state index is -0.402. The molecule has 1 saturated heterocycles.